The number of rotatable bonds is 2. The van der Waals surface area contributed by atoms with Crippen LogP contribution in [0.15, 0.2) is 36.5 Å². The third kappa shape index (κ3) is 2.51. The van der Waals surface area contributed by atoms with E-state index in [2.05, 4.69) is 14.9 Å². The predicted octanol–water partition coefficient (Wildman–Crippen LogP) is 1.56. The minimum Gasteiger partial charge on any atom is -0.383 e. The fourth-order valence-corrected chi connectivity index (χ4v) is 2.14. The molecule has 1 aromatic carbocycles. The number of nitrogens with two attached hydrogens (primary N) is 1. The van der Waals surface area contributed by atoms with Gasteiger partial charge in [0.05, 0.1) is 13.2 Å². The van der Waals surface area contributed by atoms with Crippen LogP contribution >= 0.6 is 0 Å². The normalized spacial score (nSPS) is 15.5. The summed E-state index contributed by atoms with van der Waals surface area (Å²) >= 11 is 0. The van der Waals surface area contributed by atoms with Crippen molar-refractivity contribution in [3.05, 3.63) is 36.5 Å². The lowest BCUT2D eigenvalue weighted by Crippen LogP contribution is -2.37. The van der Waals surface area contributed by atoms with Gasteiger partial charge in [0.15, 0.2) is 0 Å². The summed E-state index contributed by atoms with van der Waals surface area (Å²) in [5.74, 6) is 1.20. The molecule has 0 atom stereocenters. The predicted molar refractivity (Wildman–Crippen MR) is 74.9 cm³/mol. The molecule has 2 aromatic rings. The number of morpholine rings is 1. The van der Waals surface area contributed by atoms with Crippen LogP contribution < -0.4 is 10.6 Å². The molecular weight excluding hydrogens is 240 g/mol. The minimum atomic E-state index is 0.516. The van der Waals surface area contributed by atoms with Crippen molar-refractivity contribution in [3.8, 4) is 11.1 Å². The zero-order valence-corrected chi connectivity index (χ0v) is 10.6. The monoisotopic (exact) mass is 256 g/mol. The van der Waals surface area contributed by atoms with E-state index in [-0.39, 0.29) is 0 Å². The molecule has 1 aliphatic heterocycles. The van der Waals surface area contributed by atoms with Crippen LogP contribution in [-0.4, -0.2) is 36.3 Å². The van der Waals surface area contributed by atoms with Gasteiger partial charge < -0.3 is 15.4 Å². The summed E-state index contributed by atoms with van der Waals surface area (Å²) in [5, 5.41) is 0. The number of anilines is 2. The van der Waals surface area contributed by atoms with Crippen LogP contribution in [0.1, 0.15) is 0 Å². The number of nitrogen functional groups attached to an aromatic ring is 1. The smallest absolute Gasteiger partial charge is 0.227 e. The lowest BCUT2D eigenvalue weighted by atomic mass is 10.1. The first-order chi connectivity index (χ1) is 9.34. The number of ether oxygens (including phenoxy) is 1. The molecule has 2 heterocycles. The van der Waals surface area contributed by atoms with Gasteiger partial charge in [0, 0.05) is 24.8 Å². The second kappa shape index (κ2) is 5.24. The second-order valence-electron chi connectivity index (χ2n) is 4.43. The molecule has 0 radical (unpaired) electrons. The molecule has 0 spiro atoms. The van der Waals surface area contributed by atoms with Crippen LogP contribution in [0.25, 0.3) is 11.1 Å². The molecule has 19 heavy (non-hydrogen) atoms. The quantitative estimate of drug-likeness (QED) is 0.883. The molecule has 0 amide bonds. The maximum absolute atomic E-state index is 6.05. The molecule has 5 nitrogen and oxygen atoms in total. The molecule has 5 heteroatoms. The van der Waals surface area contributed by atoms with Gasteiger partial charge in [0.1, 0.15) is 5.82 Å². The van der Waals surface area contributed by atoms with Crippen LogP contribution in [0.5, 0.6) is 0 Å². The average molecular weight is 256 g/mol. The molecule has 2 N–H and O–H groups in total. The molecule has 0 aliphatic carbocycles. The van der Waals surface area contributed by atoms with Gasteiger partial charge in [-0.3, -0.25) is 0 Å². The minimum absolute atomic E-state index is 0.516. The summed E-state index contributed by atoms with van der Waals surface area (Å²) in [4.78, 5) is 10.9. The van der Waals surface area contributed by atoms with Crippen molar-refractivity contribution >= 4 is 11.8 Å². The summed E-state index contributed by atoms with van der Waals surface area (Å²) < 4.78 is 5.32. The van der Waals surface area contributed by atoms with E-state index in [0.29, 0.717) is 25.0 Å². The third-order valence-electron chi connectivity index (χ3n) is 3.18. The summed E-state index contributed by atoms with van der Waals surface area (Å²) in [6, 6.07) is 9.94. The summed E-state index contributed by atoms with van der Waals surface area (Å²) in [7, 11) is 0. The van der Waals surface area contributed by atoms with Gasteiger partial charge in [0.25, 0.3) is 0 Å². The lowest BCUT2D eigenvalue weighted by Gasteiger charge is -2.26. The second-order valence-corrected chi connectivity index (χ2v) is 4.43. The SMILES string of the molecule is Nc1nc(N2CCOCC2)ncc1-c1ccccc1. The van der Waals surface area contributed by atoms with Crippen LogP contribution in [0.4, 0.5) is 11.8 Å². The van der Waals surface area contributed by atoms with Crippen molar-refractivity contribution in [2.45, 2.75) is 0 Å². The Morgan fingerprint density at radius 2 is 1.84 bits per heavy atom. The van der Waals surface area contributed by atoms with E-state index in [9.17, 15) is 0 Å². The molecule has 98 valence electrons. The molecule has 1 aliphatic rings. The van der Waals surface area contributed by atoms with E-state index in [4.69, 9.17) is 10.5 Å². The molecule has 0 saturated carbocycles. The topological polar surface area (TPSA) is 64.3 Å². The molecule has 1 fully saturated rings. The van der Waals surface area contributed by atoms with Crippen LogP contribution in [0.2, 0.25) is 0 Å². The van der Waals surface area contributed by atoms with Crippen molar-refractivity contribution in [1.29, 1.82) is 0 Å². The van der Waals surface area contributed by atoms with E-state index in [1.807, 2.05) is 30.3 Å². The van der Waals surface area contributed by atoms with E-state index in [0.717, 1.165) is 24.2 Å². The molecule has 1 aromatic heterocycles. The molecule has 3 rings (SSSR count). The van der Waals surface area contributed by atoms with E-state index >= 15 is 0 Å². The van der Waals surface area contributed by atoms with Crippen molar-refractivity contribution in [2.75, 3.05) is 36.9 Å². The van der Waals surface area contributed by atoms with Gasteiger partial charge in [-0.1, -0.05) is 30.3 Å². The standard InChI is InChI=1S/C14H16N4O/c15-13-12(11-4-2-1-3-5-11)10-16-14(17-13)18-6-8-19-9-7-18/h1-5,10H,6-9H2,(H2,15,16,17). The van der Waals surface area contributed by atoms with E-state index in [1.165, 1.54) is 0 Å². The number of benzene rings is 1. The summed E-state index contributed by atoms with van der Waals surface area (Å²) in [6.45, 7) is 3.04. The van der Waals surface area contributed by atoms with Gasteiger partial charge in [-0.15, -0.1) is 0 Å². The Hall–Kier alpha value is -2.14. The Kier molecular flexibility index (Phi) is 3.29. The van der Waals surface area contributed by atoms with Gasteiger partial charge in [-0.05, 0) is 5.56 Å². The Morgan fingerprint density at radius 1 is 1.11 bits per heavy atom. The van der Waals surface area contributed by atoms with Crippen molar-refractivity contribution in [3.63, 3.8) is 0 Å². The maximum Gasteiger partial charge on any atom is 0.227 e. The number of aromatic nitrogens is 2. The molecular formula is C14H16N4O. The molecule has 0 unspecified atom stereocenters. The van der Waals surface area contributed by atoms with Gasteiger partial charge in [-0.25, -0.2) is 4.98 Å². The van der Waals surface area contributed by atoms with Crippen LogP contribution in [0, 0.1) is 0 Å². The maximum atomic E-state index is 6.05. The van der Waals surface area contributed by atoms with E-state index < -0.39 is 0 Å². The first-order valence-electron chi connectivity index (χ1n) is 6.35. The molecule has 1 saturated heterocycles. The van der Waals surface area contributed by atoms with Crippen molar-refractivity contribution in [2.24, 2.45) is 0 Å². The summed E-state index contributed by atoms with van der Waals surface area (Å²) in [6.07, 6.45) is 1.79. The van der Waals surface area contributed by atoms with Gasteiger partial charge in [-0.2, -0.15) is 4.98 Å². The number of hydrogen-bond donors (Lipinski definition) is 1. The van der Waals surface area contributed by atoms with Gasteiger partial charge in [0.2, 0.25) is 5.95 Å². The lowest BCUT2D eigenvalue weighted by molar-refractivity contribution is 0.122. The first-order valence-corrected chi connectivity index (χ1v) is 6.35. The fourth-order valence-electron chi connectivity index (χ4n) is 2.14. The first kappa shape index (κ1) is 11.9. The number of nitrogens with zero attached hydrogens (tertiary/aromatic N) is 3. The Bertz CT molecular complexity index is 553. The molecule has 0 bridgehead atoms. The van der Waals surface area contributed by atoms with Gasteiger partial charge >= 0.3 is 0 Å². The van der Waals surface area contributed by atoms with Crippen LogP contribution in [0.3, 0.4) is 0 Å². The Balaban J connectivity index is 1.89. The van der Waals surface area contributed by atoms with Crippen molar-refractivity contribution in [1.82, 2.24) is 9.97 Å². The van der Waals surface area contributed by atoms with Crippen molar-refractivity contribution < 1.29 is 4.74 Å². The third-order valence-corrected chi connectivity index (χ3v) is 3.18. The zero-order chi connectivity index (χ0) is 13.1. The highest BCUT2D eigenvalue weighted by atomic mass is 16.5. The largest absolute Gasteiger partial charge is 0.383 e. The van der Waals surface area contributed by atoms with E-state index in [1.54, 1.807) is 6.20 Å². The zero-order valence-electron chi connectivity index (χ0n) is 10.6. The highest BCUT2D eigenvalue weighted by Gasteiger charge is 2.15. The Morgan fingerprint density at radius 3 is 2.53 bits per heavy atom. The van der Waals surface area contributed by atoms with Crippen LogP contribution in [-0.2, 0) is 4.74 Å². The number of hydrogen-bond acceptors (Lipinski definition) is 5. The average Bonchev–Trinajstić information content (AvgIpc) is 2.49. The fraction of sp³-hybridized carbons (Fsp3) is 0.286. The highest BCUT2D eigenvalue weighted by Crippen LogP contribution is 2.25. The highest BCUT2D eigenvalue weighted by molar-refractivity contribution is 5.73. The Labute approximate surface area is 112 Å². The summed E-state index contributed by atoms with van der Waals surface area (Å²) in [5.41, 5.74) is 7.96.